The first kappa shape index (κ1) is 31.2. The quantitative estimate of drug-likeness (QED) is 0.402. The molecule has 0 aromatic heterocycles. The Morgan fingerprint density at radius 2 is 1.62 bits per heavy atom. The van der Waals surface area contributed by atoms with Crippen LogP contribution in [0, 0.1) is 34.5 Å². The van der Waals surface area contributed by atoms with Gasteiger partial charge in [0, 0.05) is 11.3 Å². The molecule has 0 amide bonds. The number of fused-ring (bicyclic) bond motifs is 6. The molecule has 2 N–H and O–H groups in total. The fraction of sp³-hybridized carbons (Fsp3) is 0.914. The molecule has 7 heteroatoms. The van der Waals surface area contributed by atoms with Gasteiger partial charge in [0.05, 0.1) is 35.1 Å². The van der Waals surface area contributed by atoms with Crippen LogP contribution in [0.25, 0.3) is 0 Å². The van der Waals surface area contributed by atoms with Gasteiger partial charge in [-0.25, -0.2) is 0 Å². The summed E-state index contributed by atoms with van der Waals surface area (Å²) in [6, 6.07) is 0. The molecule has 0 spiro atoms. The molecule has 0 aromatic rings. The lowest BCUT2D eigenvalue weighted by molar-refractivity contribution is -0.190. The zero-order valence-electron chi connectivity index (χ0n) is 27.7. The van der Waals surface area contributed by atoms with Crippen molar-refractivity contribution in [2.45, 2.75) is 167 Å². The predicted octanol–water partition coefficient (Wildman–Crippen LogP) is 6.09. The highest BCUT2D eigenvalue weighted by Gasteiger charge is 2.71. The Morgan fingerprint density at radius 1 is 0.952 bits per heavy atom. The van der Waals surface area contributed by atoms with Crippen molar-refractivity contribution in [1.29, 1.82) is 0 Å². The van der Waals surface area contributed by atoms with E-state index in [9.17, 15) is 15.0 Å². The molecule has 3 saturated carbocycles. The number of hydrogen-bond donors (Lipinski definition) is 2. The van der Waals surface area contributed by atoms with Crippen molar-refractivity contribution in [1.82, 2.24) is 0 Å². The Bertz CT molecular complexity index is 1150. The molecule has 11 atom stereocenters. The minimum Gasteiger partial charge on any atom is -0.390 e. The molecule has 6 aliphatic rings. The van der Waals surface area contributed by atoms with Gasteiger partial charge in [-0.1, -0.05) is 27.2 Å². The molecule has 42 heavy (non-hydrogen) atoms. The molecule has 0 aromatic carbocycles. The van der Waals surface area contributed by atoms with Gasteiger partial charge < -0.3 is 29.2 Å². The number of carbonyl (C=O) groups is 1. The van der Waals surface area contributed by atoms with Crippen LogP contribution in [-0.4, -0.2) is 62.7 Å². The first-order chi connectivity index (χ1) is 19.2. The molecule has 0 radical (unpaired) electrons. The second kappa shape index (κ2) is 9.35. The Labute approximate surface area is 253 Å². The summed E-state index contributed by atoms with van der Waals surface area (Å²) >= 11 is 0. The van der Waals surface area contributed by atoms with Crippen LogP contribution in [0.3, 0.4) is 0 Å². The highest BCUT2D eigenvalue weighted by atomic mass is 16.8. The Hall–Kier alpha value is -0.830. The van der Waals surface area contributed by atoms with Crippen molar-refractivity contribution in [3.8, 4) is 0 Å². The van der Waals surface area contributed by atoms with Crippen LogP contribution in [0.2, 0.25) is 0 Å². The Morgan fingerprint density at radius 3 is 2.26 bits per heavy atom. The van der Waals surface area contributed by atoms with Gasteiger partial charge in [0.1, 0.15) is 0 Å². The number of rotatable bonds is 5. The summed E-state index contributed by atoms with van der Waals surface area (Å²) < 4.78 is 26.0. The van der Waals surface area contributed by atoms with Crippen molar-refractivity contribution >= 4 is 5.78 Å². The molecule has 0 bridgehead atoms. The van der Waals surface area contributed by atoms with Crippen LogP contribution in [0.1, 0.15) is 121 Å². The number of ether oxygens (including phenoxy) is 4. The van der Waals surface area contributed by atoms with E-state index in [0.29, 0.717) is 19.3 Å². The third kappa shape index (κ3) is 4.38. The van der Waals surface area contributed by atoms with Crippen molar-refractivity contribution in [2.75, 3.05) is 0 Å². The third-order valence-electron chi connectivity index (χ3n) is 13.2. The standard InChI is InChI=1S/C35H56O7/c1-11-20(29(2,3)37)16-28-34(10,42-31(6,7)41-28)27-13-15-35(38)22-17-24(36)23-18-25-26(40-30(4,5)39-25)19-32(23,8)21(22)12-14-33(27,35)9/h17,20-21,23,25-28,37-38H,11-16,18-19H2,1-10H3/t20-,21+,23+,25-,26+,27+,28-,32-,33-,34-,35-/m1/s1. The fourth-order valence-corrected chi connectivity index (χ4v) is 11.1. The maximum absolute atomic E-state index is 13.9. The molecule has 7 nitrogen and oxygen atoms in total. The number of allylic oxidation sites excluding steroid dienone is 1. The zero-order chi connectivity index (χ0) is 30.9. The normalized spacial score (nSPS) is 50.0. The largest absolute Gasteiger partial charge is 0.390 e. The van der Waals surface area contributed by atoms with Gasteiger partial charge in [-0.05, 0) is 128 Å². The Balaban J connectivity index is 1.34. The number of aliphatic hydroxyl groups is 2. The third-order valence-corrected chi connectivity index (χ3v) is 13.2. The number of ketones is 1. The lowest BCUT2D eigenvalue weighted by Crippen LogP contribution is -2.62. The molecule has 2 heterocycles. The molecular formula is C35H56O7. The van der Waals surface area contributed by atoms with E-state index in [4.69, 9.17) is 18.9 Å². The highest BCUT2D eigenvalue weighted by Crippen LogP contribution is 2.70. The van der Waals surface area contributed by atoms with E-state index in [1.165, 1.54) is 0 Å². The zero-order valence-corrected chi connectivity index (χ0v) is 27.7. The van der Waals surface area contributed by atoms with Gasteiger partial charge in [-0.3, -0.25) is 4.79 Å². The summed E-state index contributed by atoms with van der Waals surface area (Å²) in [5.41, 5.74) is -2.36. The van der Waals surface area contributed by atoms with E-state index in [0.717, 1.165) is 37.7 Å². The van der Waals surface area contributed by atoms with Gasteiger partial charge in [0.15, 0.2) is 17.4 Å². The molecule has 2 aliphatic heterocycles. The minimum absolute atomic E-state index is 0.0269. The van der Waals surface area contributed by atoms with Crippen LogP contribution in [0.5, 0.6) is 0 Å². The van der Waals surface area contributed by atoms with E-state index < -0.39 is 33.8 Å². The topological polar surface area (TPSA) is 94.5 Å². The van der Waals surface area contributed by atoms with Crippen molar-refractivity contribution in [3.63, 3.8) is 0 Å². The van der Waals surface area contributed by atoms with Gasteiger partial charge in [0.25, 0.3) is 0 Å². The predicted molar refractivity (Wildman–Crippen MR) is 159 cm³/mol. The van der Waals surface area contributed by atoms with Gasteiger partial charge in [-0.15, -0.1) is 0 Å². The lowest BCUT2D eigenvalue weighted by Gasteiger charge is -2.60. The van der Waals surface area contributed by atoms with Crippen LogP contribution in [0.4, 0.5) is 0 Å². The average molecular weight is 589 g/mol. The summed E-state index contributed by atoms with van der Waals surface area (Å²) in [4.78, 5) is 13.9. The first-order valence-corrected chi connectivity index (χ1v) is 16.6. The summed E-state index contributed by atoms with van der Waals surface area (Å²) in [6.07, 6.45) is 7.73. The van der Waals surface area contributed by atoms with Crippen LogP contribution in [-0.2, 0) is 23.7 Å². The van der Waals surface area contributed by atoms with E-state index >= 15 is 0 Å². The summed E-state index contributed by atoms with van der Waals surface area (Å²) in [6.45, 7) is 20.4. The van der Waals surface area contributed by atoms with Crippen molar-refractivity contribution in [3.05, 3.63) is 11.6 Å². The average Bonchev–Trinajstić information content (AvgIpc) is 3.39. The van der Waals surface area contributed by atoms with Crippen LogP contribution in [0.15, 0.2) is 11.6 Å². The van der Waals surface area contributed by atoms with Gasteiger partial charge >= 0.3 is 0 Å². The van der Waals surface area contributed by atoms with Crippen LogP contribution >= 0.6 is 0 Å². The van der Waals surface area contributed by atoms with Crippen LogP contribution < -0.4 is 0 Å². The van der Waals surface area contributed by atoms with E-state index in [1.807, 2.05) is 47.6 Å². The number of hydrogen-bond acceptors (Lipinski definition) is 7. The maximum Gasteiger partial charge on any atom is 0.164 e. The maximum atomic E-state index is 13.9. The van der Waals surface area contributed by atoms with E-state index in [-0.39, 0.29) is 53.2 Å². The van der Waals surface area contributed by atoms with Gasteiger partial charge in [-0.2, -0.15) is 0 Å². The first-order valence-electron chi connectivity index (χ1n) is 16.6. The second-order valence-electron chi connectivity index (χ2n) is 17.0. The molecule has 238 valence electrons. The summed E-state index contributed by atoms with van der Waals surface area (Å²) in [5.74, 6) is -1.15. The number of carbonyl (C=O) groups excluding carboxylic acids is 1. The second-order valence-corrected chi connectivity index (χ2v) is 17.0. The van der Waals surface area contributed by atoms with Crippen molar-refractivity contribution in [2.24, 2.45) is 34.5 Å². The lowest BCUT2D eigenvalue weighted by atomic mass is 9.45. The van der Waals surface area contributed by atoms with Gasteiger partial charge in [0.2, 0.25) is 0 Å². The van der Waals surface area contributed by atoms with E-state index in [1.54, 1.807) is 0 Å². The van der Waals surface area contributed by atoms with Crippen molar-refractivity contribution < 1.29 is 34.0 Å². The monoisotopic (exact) mass is 588 g/mol. The molecular weight excluding hydrogens is 532 g/mol. The van der Waals surface area contributed by atoms with E-state index in [2.05, 4.69) is 27.7 Å². The molecule has 4 aliphatic carbocycles. The molecule has 2 saturated heterocycles. The minimum atomic E-state index is -1.09. The summed E-state index contributed by atoms with van der Waals surface area (Å²) in [7, 11) is 0. The fourth-order valence-electron chi connectivity index (χ4n) is 11.1. The molecule has 5 fully saturated rings. The SMILES string of the molecule is CC[C@H](C[C@H]1OC(C)(C)O[C@]1(C)[C@H]1CC[C@@]2(O)C3=CC(=O)[C@@H]4C[C@H]5OC(C)(C)O[C@H]5C[C@]4(C)[C@H]3CC[C@]12C)C(C)(C)O. The Kier molecular flexibility index (Phi) is 6.94. The highest BCUT2D eigenvalue weighted by molar-refractivity contribution is 5.95. The summed E-state index contributed by atoms with van der Waals surface area (Å²) in [5, 5.41) is 23.8. The molecule has 0 unspecified atom stereocenters. The molecule has 6 rings (SSSR count). The smallest absolute Gasteiger partial charge is 0.164 e.